The molecule has 1 aromatic heterocycles. The Morgan fingerprint density at radius 3 is 2.76 bits per heavy atom. The molecule has 7 heteroatoms. The topological polar surface area (TPSA) is 39.1 Å². The minimum atomic E-state index is -0.896. The Balaban J connectivity index is 2.40. The molecule has 0 aliphatic heterocycles. The van der Waals surface area contributed by atoms with Gasteiger partial charge in [-0.3, -0.25) is 4.68 Å². The third kappa shape index (κ3) is 3.40. The van der Waals surface area contributed by atoms with Gasteiger partial charge in [-0.25, -0.2) is 8.78 Å². The Bertz CT molecular complexity index is 618. The third-order valence-corrected chi connectivity index (χ3v) is 3.47. The van der Waals surface area contributed by atoms with Gasteiger partial charge < -0.3 is 10.1 Å². The summed E-state index contributed by atoms with van der Waals surface area (Å²) in [5, 5.41) is 7.69. The van der Waals surface area contributed by atoms with Gasteiger partial charge in [0.05, 0.1) is 36.1 Å². The molecule has 0 aliphatic carbocycles. The quantitative estimate of drug-likeness (QED) is 0.891. The van der Waals surface area contributed by atoms with Crippen LogP contribution in [-0.2, 0) is 11.3 Å². The van der Waals surface area contributed by atoms with Crippen LogP contribution in [0, 0.1) is 11.6 Å². The van der Waals surface area contributed by atoms with E-state index in [0.717, 1.165) is 12.1 Å². The van der Waals surface area contributed by atoms with E-state index in [2.05, 4.69) is 10.4 Å². The molecule has 0 bridgehead atoms. The summed E-state index contributed by atoms with van der Waals surface area (Å²) in [5.41, 5.74) is 1.25. The molecule has 0 aliphatic rings. The van der Waals surface area contributed by atoms with Crippen molar-refractivity contribution in [2.24, 2.45) is 0 Å². The maximum Gasteiger partial charge on any atom is 0.159 e. The second kappa shape index (κ2) is 6.98. The lowest BCUT2D eigenvalue weighted by molar-refractivity contribution is 0.182. The molecule has 1 N–H and O–H groups in total. The number of benzene rings is 1. The molecule has 2 aromatic rings. The number of nitrogens with zero attached hydrogens (tertiary/aromatic N) is 2. The molecule has 114 valence electrons. The highest BCUT2D eigenvalue weighted by atomic mass is 35.5. The van der Waals surface area contributed by atoms with Crippen LogP contribution in [0.1, 0.15) is 17.3 Å². The SMILES string of the molecule is CNC(c1ccc(F)c(F)c1)c1c(Cl)cnn1CCOC. The lowest BCUT2D eigenvalue weighted by Crippen LogP contribution is -2.23. The van der Waals surface area contributed by atoms with E-state index in [1.165, 1.54) is 12.3 Å². The Hall–Kier alpha value is -1.50. The molecule has 0 fully saturated rings. The van der Waals surface area contributed by atoms with Gasteiger partial charge in [-0.1, -0.05) is 17.7 Å². The molecule has 0 amide bonds. The molecule has 0 saturated heterocycles. The molecule has 1 aromatic carbocycles. The number of aromatic nitrogens is 2. The smallest absolute Gasteiger partial charge is 0.159 e. The highest BCUT2D eigenvalue weighted by Crippen LogP contribution is 2.28. The van der Waals surface area contributed by atoms with E-state index < -0.39 is 17.7 Å². The van der Waals surface area contributed by atoms with E-state index >= 15 is 0 Å². The van der Waals surface area contributed by atoms with Gasteiger partial charge in [0.2, 0.25) is 0 Å². The van der Waals surface area contributed by atoms with Crippen LogP contribution in [0.15, 0.2) is 24.4 Å². The van der Waals surface area contributed by atoms with Crippen molar-refractivity contribution >= 4 is 11.6 Å². The van der Waals surface area contributed by atoms with E-state index in [4.69, 9.17) is 16.3 Å². The highest BCUT2D eigenvalue weighted by Gasteiger charge is 2.21. The van der Waals surface area contributed by atoms with E-state index in [9.17, 15) is 8.78 Å². The fourth-order valence-electron chi connectivity index (χ4n) is 2.17. The van der Waals surface area contributed by atoms with Crippen molar-refractivity contribution in [3.8, 4) is 0 Å². The van der Waals surface area contributed by atoms with Crippen molar-refractivity contribution in [1.82, 2.24) is 15.1 Å². The zero-order valence-electron chi connectivity index (χ0n) is 11.7. The number of hydrogen-bond donors (Lipinski definition) is 1. The number of nitrogens with one attached hydrogen (secondary N) is 1. The van der Waals surface area contributed by atoms with Gasteiger partial charge in [-0.15, -0.1) is 0 Å². The first-order valence-electron chi connectivity index (χ1n) is 6.40. The van der Waals surface area contributed by atoms with Crippen LogP contribution in [0.5, 0.6) is 0 Å². The summed E-state index contributed by atoms with van der Waals surface area (Å²) in [5.74, 6) is -1.78. The molecule has 4 nitrogen and oxygen atoms in total. The van der Waals surface area contributed by atoms with Crippen LogP contribution in [0.4, 0.5) is 8.78 Å². The summed E-state index contributed by atoms with van der Waals surface area (Å²) in [7, 11) is 3.31. The number of methoxy groups -OCH3 is 1. The first-order valence-corrected chi connectivity index (χ1v) is 6.78. The van der Waals surface area contributed by atoms with Crippen molar-refractivity contribution < 1.29 is 13.5 Å². The largest absolute Gasteiger partial charge is 0.383 e. The number of halogens is 3. The van der Waals surface area contributed by atoms with Crippen molar-refractivity contribution in [2.45, 2.75) is 12.6 Å². The molecule has 0 saturated carbocycles. The summed E-state index contributed by atoms with van der Waals surface area (Å²) in [4.78, 5) is 0. The van der Waals surface area contributed by atoms with Crippen LogP contribution in [0.2, 0.25) is 5.02 Å². The molecule has 0 radical (unpaired) electrons. The summed E-state index contributed by atoms with van der Waals surface area (Å²) in [6.07, 6.45) is 1.52. The molecule has 1 unspecified atom stereocenters. The van der Waals surface area contributed by atoms with Crippen LogP contribution in [0.3, 0.4) is 0 Å². The van der Waals surface area contributed by atoms with Crippen LogP contribution in [-0.4, -0.2) is 30.5 Å². The number of hydrogen-bond acceptors (Lipinski definition) is 3. The first-order chi connectivity index (χ1) is 10.1. The lowest BCUT2D eigenvalue weighted by Gasteiger charge is -2.19. The maximum atomic E-state index is 13.4. The van der Waals surface area contributed by atoms with Gasteiger partial charge >= 0.3 is 0 Å². The predicted octanol–water partition coefficient (Wildman–Crippen LogP) is 2.77. The molecular formula is C14H16ClF2N3O. The van der Waals surface area contributed by atoms with E-state index in [-0.39, 0.29) is 0 Å². The van der Waals surface area contributed by atoms with Gasteiger partial charge in [-0.2, -0.15) is 5.10 Å². The normalized spacial score (nSPS) is 12.6. The Kier molecular flexibility index (Phi) is 5.27. The molecule has 21 heavy (non-hydrogen) atoms. The van der Waals surface area contributed by atoms with Gasteiger partial charge in [0.15, 0.2) is 11.6 Å². The Labute approximate surface area is 126 Å². The lowest BCUT2D eigenvalue weighted by atomic mass is 10.0. The number of rotatable bonds is 6. The standard InChI is InChI=1S/C14H16ClF2N3O/c1-18-13(9-3-4-11(16)12(17)7-9)14-10(15)8-19-20(14)5-6-21-2/h3-4,7-8,13,18H,5-6H2,1-2H3. The molecular weight excluding hydrogens is 300 g/mol. The summed E-state index contributed by atoms with van der Waals surface area (Å²) in [6, 6.07) is 3.37. The molecule has 1 heterocycles. The van der Waals surface area contributed by atoms with E-state index in [1.54, 1.807) is 18.8 Å². The van der Waals surface area contributed by atoms with Crippen molar-refractivity contribution in [3.05, 3.63) is 52.3 Å². The highest BCUT2D eigenvalue weighted by molar-refractivity contribution is 6.31. The second-order valence-corrected chi connectivity index (χ2v) is 4.90. The fraction of sp³-hybridized carbons (Fsp3) is 0.357. The van der Waals surface area contributed by atoms with E-state index in [0.29, 0.717) is 29.4 Å². The Morgan fingerprint density at radius 1 is 1.38 bits per heavy atom. The molecule has 1 atom stereocenters. The van der Waals surface area contributed by atoms with Crippen molar-refractivity contribution in [3.63, 3.8) is 0 Å². The van der Waals surface area contributed by atoms with Crippen LogP contribution in [0.25, 0.3) is 0 Å². The fourth-order valence-corrected chi connectivity index (χ4v) is 2.42. The average Bonchev–Trinajstić information content (AvgIpc) is 2.83. The average molecular weight is 316 g/mol. The Morgan fingerprint density at radius 2 is 2.14 bits per heavy atom. The zero-order valence-corrected chi connectivity index (χ0v) is 12.5. The minimum absolute atomic E-state index is 0.396. The van der Waals surface area contributed by atoms with Crippen molar-refractivity contribution in [2.75, 3.05) is 20.8 Å². The van der Waals surface area contributed by atoms with Gasteiger partial charge in [0.1, 0.15) is 0 Å². The van der Waals surface area contributed by atoms with Gasteiger partial charge in [-0.05, 0) is 24.7 Å². The second-order valence-electron chi connectivity index (χ2n) is 4.49. The number of ether oxygens (including phenoxy) is 1. The molecule has 2 rings (SSSR count). The summed E-state index contributed by atoms with van der Waals surface area (Å²) >= 11 is 6.19. The summed E-state index contributed by atoms with van der Waals surface area (Å²) < 4.78 is 33.2. The van der Waals surface area contributed by atoms with Gasteiger partial charge in [0.25, 0.3) is 0 Å². The van der Waals surface area contributed by atoms with Crippen LogP contribution >= 0.6 is 11.6 Å². The summed E-state index contributed by atoms with van der Waals surface area (Å²) in [6.45, 7) is 0.986. The first kappa shape index (κ1) is 15.9. The third-order valence-electron chi connectivity index (χ3n) is 3.18. The minimum Gasteiger partial charge on any atom is -0.383 e. The maximum absolute atomic E-state index is 13.4. The molecule has 0 spiro atoms. The van der Waals surface area contributed by atoms with Gasteiger partial charge in [0, 0.05) is 7.11 Å². The predicted molar refractivity (Wildman–Crippen MR) is 76.4 cm³/mol. The van der Waals surface area contributed by atoms with Crippen LogP contribution < -0.4 is 5.32 Å². The van der Waals surface area contributed by atoms with E-state index in [1.807, 2.05) is 0 Å². The monoisotopic (exact) mass is 315 g/mol. The zero-order chi connectivity index (χ0) is 15.4. The van der Waals surface area contributed by atoms with Crippen molar-refractivity contribution in [1.29, 1.82) is 0 Å².